The number of rotatable bonds is 10. The molecule has 0 aliphatic carbocycles. The molecule has 0 fully saturated rings. The van der Waals surface area contributed by atoms with Crippen molar-refractivity contribution in [2.75, 3.05) is 19.5 Å². The highest BCUT2D eigenvalue weighted by Crippen LogP contribution is 2.31. The van der Waals surface area contributed by atoms with Gasteiger partial charge in [-0.05, 0) is 82.8 Å². The van der Waals surface area contributed by atoms with E-state index in [0.29, 0.717) is 5.75 Å². The van der Waals surface area contributed by atoms with Gasteiger partial charge < -0.3 is 14.6 Å². The number of hydrogen-bond donors (Lipinski definition) is 1. The van der Waals surface area contributed by atoms with Crippen molar-refractivity contribution in [3.05, 3.63) is 118 Å². The first kappa shape index (κ1) is 26.6. The van der Waals surface area contributed by atoms with Crippen molar-refractivity contribution in [2.24, 2.45) is 0 Å². The van der Waals surface area contributed by atoms with Crippen molar-refractivity contribution < 1.29 is 19.4 Å². The smallest absolute Gasteiger partial charge is 0.341 e. The van der Waals surface area contributed by atoms with E-state index in [1.807, 2.05) is 37.3 Å². The number of ether oxygens (including phenoxy) is 2. The number of halogens is 1. The molecule has 4 aromatic carbocycles. The normalized spacial score (nSPS) is 11.3. The molecule has 0 aromatic heterocycles. The fourth-order valence-electron chi connectivity index (χ4n) is 3.89. The molecule has 0 bridgehead atoms. The van der Waals surface area contributed by atoms with Crippen LogP contribution in [0, 0.1) is 6.92 Å². The zero-order valence-corrected chi connectivity index (χ0v) is 23.0. The molecule has 0 spiro atoms. The predicted octanol–water partition coefficient (Wildman–Crippen LogP) is 8.12. The lowest BCUT2D eigenvalue weighted by molar-refractivity contribution is -0.139. The summed E-state index contributed by atoms with van der Waals surface area (Å²) in [7, 11) is 1.67. The summed E-state index contributed by atoms with van der Waals surface area (Å²) >= 11 is 5.26. The van der Waals surface area contributed by atoms with Crippen LogP contribution in [0.25, 0.3) is 16.7 Å². The minimum atomic E-state index is -0.986. The summed E-state index contributed by atoms with van der Waals surface area (Å²) in [6.07, 6.45) is 2.25. The number of aliphatic carboxylic acids is 1. The molecule has 4 aromatic rings. The van der Waals surface area contributed by atoms with E-state index in [1.165, 1.54) is 5.57 Å². The first-order chi connectivity index (χ1) is 17.9. The monoisotopic (exact) mass is 574 g/mol. The van der Waals surface area contributed by atoms with E-state index < -0.39 is 5.97 Å². The molecule has 0 atom stereocenters. The summed E-state index contributed by atoms with van der Waals surface area (Å²) in [5.74, 6) is 1.23. The second kappa shape index (κ2) is 12.7. The third-order valence-electron chi connectivity index (χ3n) is 5.81. The molecular weight excluding hydrogens is 548 g/mol. The molecule has 188 valence electrons. The summed E-state index contributed by atoms with van der Waals surface area (Å²) in [5.41, 5.74) is 6.67. The Morgan fingerprint density at radius 1 is 0.892 bits per heavy atom. The lowest BCUT2D eigenvalue weighted by Crippen LogP contribution is -2.09. The van der Waals surface area contributed by atoms with Gasteiger partial charge in [-0.15, -0.1) is 11.8 Å². The SMILES string of the molecule is COc1ccc(-c2ccc(C(=CCSc3ccc(OCC(=O)O)c(C)c3)c3ccc(Br)cc3)cc2)cc1. The van der Waals surface area contributed by atoms with Crippen molar-refractivity contribution >= 4 is 39.2 Å². The van der Waals surface area contributed by atoms with Crippen LogP contribution in [0.1, 0.15) is 16.7 Å². The van der Waals surface area contributed by atoms with Gasteiger partial charge in [0.1, 0.15) is 11.5 Å². The van der Waals surface area contributed by atoms with Crippen LogP contribution in [0.5, 0.6) is 11.5 Å². The molecule has 0 amide bonds. The topological polar surface area (TPSA) is 55.8 Å². The number of thioether (sulfide) groups is 1. The summed E-state index contributed by atoms with van der Waals surface area (Å²) in [4.78, 5) is 11.9. The molecule has 0 aliphatic heterocycles. The number of hydrogen-bond acceptors (Lipinski definition) is 4. The van der Waals surface area contributed by atoms with E-state index in [2.05, 4.69) is 82.7 Å². The Bertz CT molecular complexity index is 1380. The Kier molecular flexibility index (Phi) is 9.09. The van der Waals surface area contributed by atoms with Crippen molar-refractivity contribution in [3.8, 4) is 22.6 Å². The zero-order chi connectivity index (χ0) is 26.2. The highest BCUT2D eigenvalue weighted by Gasteiger charge is 2.08. The molecule has 0 radical (unpaired) electrons. The second-order valence-electron chi connectivity index (χ2n) is 8.35. The molecule has 4 nitrogen and oxygen atoms in total. The average molecular weight is 576 g/mol. The molecule has 6 heteroatoms. The van der Waals surface area contributed by atoms with Gasteiger partial charge in [-0.2, -0.15) is 0 Å². The second-order valence-corrected chi connectivity index (χ2v) is 10.4. The number of carboxylic acid groups (broad SMARTS) is 1. The number of carbonyl (C=O) groups is 1. The molecule has 0 aliphatic rings. The van der Waals surface area contributed by atoms with Crippen LogP contribution in [0.2, 0.25) is 0 Å². The summed E-state index contributed by atoms with van der Waals surface area (Å²) in [5, 5.41) is 8.84. The Balaban J connectivity index is 1.54. The van der Waals surface area contributed by atoms with E-state index >= 15 is 0 Å². The van der Waals surface area contributed by atoms with Gasteiger partial charge in [0.15, 0.2) is 6.61 Å². The highest BCUT2D eigenvalue weighted by atomic mass is 79.9. The molecule has 37 heavy (non-hydrogen) atoms. The number of benzene rings is 4. The van der Waals surface area contributed by atoms with Gasteiger partial charge in [0.05, 0.1) is 7.11 Å². The van der Waals surface area contributed by atoms with E-state index in [9.17, 15) is 4.79 Å². The molecule has 0 unspecified atom stereocenters. The van der Waals surface area contributed by atoms with Crippen LogP contribution in [0.15, 0.2) is 106 Å². The Morgan fingerprint density at radius 2 is 1.49 bits per heavy atom. The summed E-state index contributed by atoms with van der Waals surface area (Å²) in [6.45, 7) is 1.58. The number of methoxy groups -OCH3 is 1. The maximum atomic E-state index is 10.8. The van der Waals surface area contributed by atoms with Crippen LogP contribution >= 0.6 is 27.7 Å². The van der Waals surface area contributed by atoms with E-state index in [0.717, 1.165) is 48.7 Å². The minimum absolute atomic E-state index is 0.343. The van der Waals surface area contributed by atoms with Gasteiger partial charge in [-0.25, -0.2) is 4.79 Å². The van der Waals surface area contributed by atoms with Crippen LogP contribution in [0.3, 0.4) is 0 Å². The van der Waals surface area contributed by atoms with Crippen LogP contribution in [-0.4, -0.2) is 30.5 Å². The van der Waals surface area contributed by atoms with Crippen LogP contribution < -0.4 is 9.47 Å². The number of carboxylic acids is 1. The Labute approximate surface area is 230 Å². The zero-order valence-electron chi connectivity index (χ0n) is 20.6. The van der Waals surface area contributed by atoms with Crippen molar-refractivity contribution in [3.63, 3.8) is 0 Å². The van der Waals surface area contributed by atoms with Gasteiger partial charge in [-0.1, -0.05) is 70.5 Å². The average Bonchev–Trinajstić information content (AvgIpc) is 2.91. The third-order valence-corrected chi connectivity index (χ3v) is 7.26. The van der Waals surface area contributed by atoms with Crippen LogP contribution in [-0.2, 0) is 4.79 Å². The first-order valence-electron chi connectivity index (χ1n) is 11.7. The number of aryl methyl sites for hydroxylation is 1. The molecule has 0 heterocycles. The molecule has 1 N–H and O–H groups in total. The van der Waals surface area contributed by atoms with E-state index in [4.69, 9.17) is 14.6 Å². The van der Waals surface area contributed by atoms with E-state index in [1.54, 1.807) is 18.9 Å². The Morgan fingerprint density at radius 3 is 2.05 bits per heavy atom. The lowest BCUT2D eigenvalue weighted by Gasteiger charge is -2.12. The van der Waals surface area contributed by atoms with E-state index in [-0.39, 0.29) is 6.61 Å². The summed E-state index contributed by atoms with van der Waals surface area (Å²) < 4.78 is 11.7. The lowest BCUT2D eigenvalue weighted by atomic mass is 9.95. The predicted molar refractivity (Wildman–Crippen MR) is 155 cm³/mol. The van der Waals surface area contributed by atoms with Gasteiger partial charge in [0, 0.05) is 15.1 Å². The summed E-state index contributed by atoms with van der Waals surface area (Å²) in [6, 6.07) is 30.9. The standard InChI is InChI=1S/C31H27BrO4S/c1-21-19-28(15-16-30(21)36-20-31(33)34)37-18-17-29(25-7-11-26(32)12-8-25)24-5-3-22(4-6-24)23-9-13-27(35-2)14-10-23/h3-17,19H,18,20H2,1-2H3,(H,33,34). The quantitative estimate of drug-likeness (QED) is 0.194. The van der Waals surface area contributed by atoms with Gasteiger partial charge >= 0.3 is 5.97 Å². The molecule has 4 rings (SSSR count). The van der Waals surface area contributed by atoms with Crippen LogP contribution in [0.4, 0.5) is 0 Å². The maximum Gasteiger partial charge on any atom is 0.341 e. The Hall–Kier alpha value is -3.48. The van der Waals surface area contributed by atoms with Gasteiger partial charge in [0.2, 0.25) is 0 Å². The van der Waals surface area contributed by atoms with Crippen molar-refractivity contribution in [2.45, 2.75) is 11.8 Å². The molecular formula is C31H27BrO4S. The fraction of sp³-hybridized carbons (Fsp3) is 0.129. The maximum absolute atomic E-state index is 10.8. The third kappa shape index (κ3) is 7.28. The van der Waals surface area contributed by atoms with Gasteiger partial charge in [-0.3, -0.25) is 0 Å². The van der Waals surface area contributed by atoms with Crippen molar-refractivity contribution in [1.29, 1.82) is 0 Å². The minimum Gasteiger partial charge on any atom is -0.497 e. The molecule has 0 saturated carbocycles. The fourth-order valence-corrected chi connectivity index (χ4v) is 5.02. The highest BCUT2D eigenvalue weighted by molar-refractivity contribution is 9.10. The molecule has 0 saturated heterocycles. The largest absolute Gasteiger partial charge is 0.497 e. The van der Waals surface area contributed by atoms with Gasteiger partial charge in [0.25, 0.3) is 0 Å². The van der Waals surface area contributed by atoms with Crippen molar-refractivity contribution in [1.82, 2.24) is 0 Å². The first-order valence-corrected chi connectivity index (χ1v) is 13.5.